The lowest BCUT2D eigenvalue weighted by Crippen LogP contribution is -2.34. The lowest BCUT2D eigenvalue weighted by Gasteiger charge is -2.20. The molecular weight excluding hydrogens is 621 g/mol. The van der Waals surface area contributed by atoms with Crippen LogP contribution in [0.5, 0.6) is 0 Å². The molecular formula is C36H62NO9P. The van der Waals surface area contributed by atoms with Gasteiger partial charge in [0.05, 0.1) is 19.8 Å². The van der Waals surface area contributed by atoms with Crippen molar-refractivity contribution in [2.45, 2.75) is 129 Å². The molecule has 3 unspecified atom stereocenters. The zero-order chi connectivity index (χ0) is 34.9. The number of nitrogens with two attached hydrogens (primary N) is 1. The van der Waals surface area contributed by atoms with Crippen LogP contribution in [-0.4, -0.2) is 60.5 Å². The number of esters is 1. The molecule has 0 saturated carbocycles. The fourth-order valence-corrected chi connectivity index (χ4v) is 4.88. The average molecular weight is 684 g/mol. The SMILES string of the molecule is CC/C=C\C/C=C\C/C=C\C/C=C\C/C=C\CCCCOCC(COP(=O)(O)OCC(N)C(=O)O)OC(=O)CCCCCCCCC. The first kappa shape index (κ1) is 44.7. The summed E-state index contributed by atoms with van der Waals surface area (Å²) >= 11 is 0. The van der Waals surface area contributed by atoms with Crippen molar-refractivity contribution in [2.24, 2.45) is 5.73 Å². The molecule has 0 spiro atoms. The minimum Gasteiger partial charge on any atom is -0.480 e. The van der Waals surface area contributed by atoms with E-state index in [1.807, 2.05) is 0 Å². The molecule has 0 aromatic rings. The number of carbonyl (C=O) groups is 2. The van der Waals surface area contributed by atoms with Gasteiger partial charge < -0.3 is 25.2 Å². The van der Waals surface area contributed by atoms with Crippen LogP contribution in [0.4, 0.5) is 0 Å². The molecule has 0 saturated heterocycles. The largest absolute Gasteiger partial charge is 0.480 e. The number of carboxylic acids is 1. The van der Waals surface area contributed by atoms with Gasteiger partial charge in [-0.1, -0.05) is 113 Å². The highest BCUT2D eigenvalue weighted by Crippen LogP contribution is 2.43. The molecule has 0 radical (unpaired) electrons. The number of unbranched alkanes of at least 4 members (excludes halogenated alkanes) is 8. The van der Waals surface area contributed by atoms with Gasteiger partial charge in [-0.2, -0.15) is 0 Å². The van der Waals surface area contributed by atoms with Crippen molar-refractivity contribution < 1.29 is 42.7 Å². The zero-order valence-corrected chi connectivity index (χ0v) is 29.7. The zero-order valence-electron chi connectivity index (χ0n) is 28.8. The van der Waals surface area contributed by atoms with E-state index in [0.29, 0.717) is 13.0 Å². The molecule has 0 aliphatic rings. The van der Waals surface area contributed by atoms with E-state index in [1.165, 1.54) is 19.3 Å². The second-order valence-electron chi connectivity index (χ2n) is 11.3. The van der Waals surface area contributed by atoms with Gasteiger partial charge in [0.25, 0.3) is 0 Å². The Morgan fingerprint density at radius 1 is 0.702 bits per heavy atom. The molecule has 4 N–H and O–H groups in total. The number of carboxylic acid groups (broad SMARTS) is 1. The molecule has 0 heterocycles. The van der Waals surface area contributed by atoms with E-state index in [9.17, 15) is 19.0 Å². The quantitative estimate of drug-likeness (QED) is 0.0272. The third-order valence-electron chi connectivity index (χ3n) is 6.81. The summed E-state index contributed by atoms with van der Waals surface area (Å²) in [6.07, 6.45) is 35.9. The number of phosphoric acid groups is 1. The van der Waals surface area contributed by atoms with Crippen LogP contribution in [-0.2, 0) is 32.7 Å². The summed E-state index contributed by atoms with van der Waals surface area (Å²) < 4.78 is 32.9. The van der Waals surface area contributed by atoms with Crippen molar-refractivity contribution in [3.63, 3.8) is 0 Å². The summed E-state index contributed by atoms with van der Waals surface area (Å²) in [5, 5.41) is 8.83. The highest BCUT2D eigenvalue weighted by Gasteiger charge is 2.27. The standard InChI is InChI=1S/C36H62NO9P/c1-3-5-7-9-11-12-13-14-15-16-17-18-19-20-21-23-25-27-29-43-30-33(31-44-47(41,42)45-32-34(37)36(39)40)46-35(38)28-26-24-22-10-8-6-4-2/h5,7,11-12,14-15,17-18,20-21,33-34H,3-4,6,8-10,13,16,19,22-32,37H2,1-2H3,(H,39,40)(H,41,42)/b7-5-,12-11-,15-14-,18-17-,21-20-. The van der Waals surface area contributed by atoms with Crippen LogP contribution in [0.15, 0.2) is 60.8 Å². The maximum absolute atomic E-state index is 12.4. The first-order valence-corrected chi connectivity index (χ1v) is 18.8. The van der Waals surface area contributed by atoms with Crippen molar-refractivity contribution in [1.29, 1.82) is 0 Å². The molecule has 0 fully saturated rings. The summed E-state index contributed by atoms with van der Waals surface area (Å²) in [6.45, 7) is 3.56. The van der Waals surface area contributed by atoms with E-state index in [0.717, 1.165) is 70.6 Å². The van der Waals surface area contributed by atoms with Crippen molar-refractivity contribution in [3.05, 3.63) is 60.8 Å². The lowest BCUT2D eigenvalue weighted by molar-refractivity contribution is -0.154. The third-order valence-corrected chi connectivity index (χ3v) is 7.76. The van der Waals surface area contributed by atoms with Crippen molar-refractivity contribution in [3.8, 4) is 0 Å². The minimum atomic E-state index is -4.61. The van der Waals surface area contributed by atoms with Gasteiger partial charge in [0.1, 0.15) is 12.1 Å². The average Bonchev–Trinajstić information content (AvgIpc) is 3.04. The highest BCUT2D eigenvalue weighted by molar-refractivity contribution is 7.47. The monoisotopic (exact) mass is 683 g/mol. The summed E-state index contributed by atoms with van der Waals surface area (Å²) in [4.78, 5) is 33.1. The Morgan fingerprint density at radius 3 is 1.81 bits per heavy atom. The normalized spacial score (nSPS) is 15.0. The molecule has 0 rings (SSSR count). The number of ether oxygens (including phenoxy) is 2. The molecule has 10 nitrogen and oxygen atoms in total. The first-order valence-electron chi connectivity index (χ1n) is 17.3. The van der Waals surface area contributed by atoms with Gasteiger partial charge >= 0.3 is 19.8 Å². The van der Waals surface area contributed by atoms with E-state index >= 15 is 0 Å². The van der Waals surface area contributed by atoms with Crippen molar-refractivity contribution in [2.75, 3.05) is 26.4 Å². The van der Waals surface area contributed by atoms with Crippen molar-refractivity contribution >= 4 is 19.8 Å². The van der Waals surface area contributed by atoms with Gasteiger partial charge in [0.15, 0.2) is 0 Å². The van der Waals surface area contributed by atoms with E-state index in [-0.39, 0.29) is 13.0 Å². The number of phosphoric ester groups is 1. The summed E-state index contributed by atoms with van der Waals surface area (Å²) in [5.41, 5.74) is 5.31. The lowest BCUT2D eigenvalue weighted by atomic mass is 10.1. The van der Waals surface area contributed by atoms with E-state index in [4.69, 9.17) is 24.8 Å². The Labute approximate surface area is 283 Å². The van der Waals surface area contributed by atoms with Gasteiger partial charge in [0.2, 0.25) is 0 Å². The second kappa shape index (κ2) is 32.2. The molecule has 0 aromatic carbocycles. The van der Waals surface area contributed by atoms with Crippen LogP contribution in [0.3, 0.4) is 0 Å². The number of hydrogen-bond acceptors (Lipinski definition) is 8. The number of allylic oxidation sites excluding steroid dienone is 10. The Balaban J connectivity index is 4.36. The maximum Gasteiger partial charge on any atom is 0.472 e. The predicted molar refractivity (Wildman–Crippen MR) is 189 cm³/mol. The number of rotatable bonds is 32. The molecule has 270 valence electrons. The van der Waals surface area contributed by atoms with Gasteiger partial charge in [-0.05, 0) is 57.8 Å². The molecule has 0 aliphatic carbocycles. The molecule has 0 bridgehead atoms. The Hall–Kier alpha value is -2.33. The Kier molecular flexibility index (Phi) is 30.6. The van der Waals surface area contributed by atoms with Gasteiger partial charge in [-0.15, -0.1) is 0 Å². The molecule has 0 aromatic heterocycles. The third kappa shape index (κ3) is 32.0. The van der Waals surface area contributed by atoms with E-state index < -0.39 is 45.1 Å². The topological polar surface area (TPSA) is 155 Å². The summed E-state index contributed by atoms with van der Waals surface area (Å²) in [6, 6.07) is -1.48. The van der Waals surface area contributed by atoms with Gasteiger partial charge in [-0.3, -0.25) is 18.6 Å². The predicted octanol–water partition coefficient (Wildman–Crippen LogP) is 8.52. The molecule has 3 atom stereocenters. The van der Waals surface area contributed by atoms with Crippen LogP contribution in [0.2, 0.25) is 0 Å². The fourth-order valence-electron chi connectivity index (χ4n) is 4.10. The van der Waals surface area contributed by atoms with Crippen molar-refractivity contribution in [1.82, 2.24) is 0 Å². The van der Waals surface area contributed by atoms with E-state index in [1.54, 1.807) is 0 Å². The van der Waals surface area contributed by atoms with Crippen LogP contribution >= 0.6 is 7.82 Å². The maximum atomic E-state index is 12.4. The summed E-state index contributed by atoms with van der Waals surface area (Å²) in [7, 11) is -4.61. The molecule has 47 heavy (non-hydrogen) atoms. The minimum absolute atomic E-state index is 0.0148. The number of hydrogen-bond donors (Lipinski definition) is 3. The fraction of sp³-hybridized carbons (Fsp3) is 0.667. The number of carbonyl (C=O) groups excluding carboxylic acids is 1. The van der Waals surface area contributed by atoms with E-state index in [2.05, 4.69) is 79.1 Å². The molecule has 0 amide bonds. The highest BCUT2D eigenvalue weighted by atomic mass is 31.2. The smallest absolute Gasteiger partial charge is 0.472 e. The van der Waals surface area contributed by atoms with Gasteiger partial charge in [0, 0.05) is 13.0 Å². The number of aliphatic carboxylic acids is 1. The Morgan fingerprint density at radius 2 is 1.23 bits per heavy atom. The van der Waals surface area contributed by atoms with Crippen LogP contribution < -0.4 is 5.73 Å². The van der Waals surface area contributed by atoms with Crippen LogP contribution in [0.1, 0.15) is 117 Å². The second-order valence-corrected chi connectivity index (χ2v) is 12.7. The first-order chi connectivity index (χ1) is 22.7. The van der Waals surface area contributed by atoms with Gasteiger partial charge in [-0.25, -0.2) is 4.57 Å². The van der Waals surface area contributed by atoms with Crippen LogP contribution in [0, 0.1) is 0 Å². The summed E-state index contributed by atoms with van der Waals surface area (Å²) in [5.74, 6) is -1.81. The molecule has 0 aliphatic heterocycles. The Bertz CT molecular complexity index is 978. The van der Waals surface area contributed by atoms with Crippen LogP contribution in [0.25, 0.3) is 0 Å². The molecule has 11 heteroatoms.